The maximum Gasteiger partial charge on any atom is 0.251 e. The molecule has 0 radical (unpaired) electrons. The number of hydrogen-bond acceptors (Lipinski definition) is 5. The molecule has 1 fully saturated rings. The summed E-state index contributed by atoms with van der Waals surface area (Å²) in [4.78, 5) is 14.3. The van der Waals surface area contributed by atoms with Gasteiger partial charge >= 0.3 is 0 Å². The molecule has 0 aliphatic carbocycles. The van der Waals surface area contributed by atoms with Crippen molar-refractivity contribution in [3.63, 3.8) is 0 Å². The van der Waals surface area contributed by atoms with Crippen LogP contribution in [-0.2, 0) is 10.0 Å². The molecule has 1 N–H and O–H groups in total. The van der Waals surface area contributed by atoms with Crippen LogP contribution >= 0.6 is 0 Å². The van der Waals surface area contributed by atoms with Gasteiger partial charge in [-0.25, -0.2) is 8.42 Å². The summed E-state index contributed by atoms with van der Waals surface area (Å²) in [5.41, 5.74) is 2.57. The minimum atomic E-state index is -3.41. The van der Waals surface area contributed by atoms with Crippen LogP contribution in [0.4, 0.5) is 5.69 Å². The predicted molar refractivity (Wildman–Crippen MR) is 114 cm³/mol. The minimum absolute atomic E-state index is 0.0911. The predicted octanol–water partition coefficient (Wildman–Crippen LogP) is 1.89. The summed E-state index contributed by atoms with van der Waals surface area (Å²) in [6, 6.07) is 15.0. The SMILES string of the molecule is COc1ccc(N2CCN(S(=O)(=O)CCNC(=O)c3cccc(C)c3)CC2)cc1. The standard InChI is InChI=1S/C21H27N3O4S/c1-17-4-3-5-18(16-17)21(25)22-10-15-29(26,27)24-13-11-23(12-14-24)19-6-8-20(28-2)9-7-19/h3-9,16H,10-15H2,1-2H3,(H,22,25). The number of aryl methyl sites for hydroxylation is 1. The van der Waals surface area contributed by atoms with E-state index in [9.17, 15) is 13.2 Å². The van der Waals surface area contributed by atoms with Crippen LogP contribution in [0.25, 0.3) is 0 Å². The number of nitrogens with one attached hydrogen (secondary N) is 1. The van der Waals surface area contributed by atoms with Crippen molar-refractivity contribution in [1.29, 1.82) is 0 Å². The molecule has 0 unspecified atom stereocenters. The highest BCUT2D eigenvalue weighted by atomic mass is 32.2. The van der Waals surface area contributed by atoms with Crippen molar-refractivity contribution in [1.82, 2.24) is 9.62 Å². The lowest BCUT2D eigenvalue weighted by molar-refractivity contribution is 0.0956. The van der Waals surface area contributed by atoms with Crippen LogP contribution in [0.2, 0.25) is 0 Å². The number of piperazine rings is 1. The molecule has 2 aromatic rings. The van der Waals surface area contributed by atoms with Crippen LogP contribution in [0.5, 0.6) is 5.75 Å². The second kappa shape index (κ2) is 9.28. The Kier molecular flexibility index (Phi) is 6.76. The summed E-state index contributed by atoms with van der Waals surface area (Å²) >= 11 is 0. The second-order valence-electron chi connectivity index (χ2n) is 7.03. The van der Waals surface area contributed by atoms with Crippen molar-refractivity contribution < 1.29 is 17.9 Å². The summed E-state index contributed by atoms with van der Waals surface area (Å²) in [5.74, 6) is 0.434. The summed E-state index contributed by atoms with van der Waals surface area (Å²) in [6.07, 6.45) is 0. The van der Waals surface area contributed by atoms with Crippen LogP contribution in [0, 0.1) is 6.92 Å². The van der Waals surface area contributed by atoms with E-state index in [0.717, 1.165) is 17.0 Å². The Morgan fingerprint density at radius 2 is 1.76 bits per heavy atom. The molecule has 7 nitrogen and oxygen atoms in total. The monoisotopic (exact) mass is 417 g/mol. The van der Waals surface area contributed by atoms with Gasteiger partial charge in [-0.15, -0.1) is 0 Å². The maximum atomic E-state index is 12.6. The molecule has 8 heteroatoms. The van der Waals surface area contributed by atoms with Crippen molar-refractivity contribution in [3.8, 4) is 5.75 Å². The highest BCUT2D eigenvalue weighted by Crippen LogP contribution is 2.21. The molecule has 29 heavy (non-hydrogen) atoms. The number of amides is 1. The summed E-state index contributed by atoms with van der Waals surface area (Å²) in [6.45, 7) is 4.11. The van der Waals surface area contributed by atoms with Gasteiger partial charge < -0.3 is 15.0 Å². The first-order chi connectivity index (χ1) is 13.9. The zero-order valence-electron chi connectivity index (χ0n) is 16.8. The van der Waals surface area contributed by atoms with Gasteiger partial charge in [0.25, 0.3) is 5.91 Å². The largest absolute Gasteiger partial charge is 0.497 e. The maximum absolute atomic E-state index is 12.6. The molecule has 0 spiro atoms. The van der Waals surface area contributed by atoms with Gasteiger partial charge in [0, 0.05) is 44.0 Å². The van der Waals surface area contributed by atoms with Crippen molar-refractivity contribution in [3.05, 3.63) is 59.7 Å². The lowest BCUT2D eigenvalue weighted by atomic mass is 10.1. The summed E-state index contributed by atoms with van der Waals surface area (Å²) in [7, 11) is -1.79. The zero-order chi connectivity index (χ0) is 20.9. The van der Waals surface area contributed by atoms with E-state index in [-0.39, 0.29) is 18.2 Å². The Balaban J connectivity index is 1.48. The van der Waals surface area contributed by atoms with Gasteiger partial charge in [-0.3, -0.25) is 4.79 Å². The molecule has 2 aromatic carbocycles. The molecular weight excluding hydrogens is 390 g/mol. The molecule has 156 valence electrons. The van der Waals surface area contributed by atoms with Gasteiger partial charge in [-0.1, -0.05) is 17.7 Å². The number of hydrogen-bond donors (Lipinski definition) is 1. The molecule has 0 atom stereocenters. The van der Waals surface area contributed by atoms with E-state index in [1.807, 2.05) is 43.3 Å². The first-order valence-corrected chi connectivity index (χ1v) is 11.2. The van der Waals surface area contributed by atoms with Crippen LogP contribution < -0.4 is 15.0 Å². The highest BCUT2D eigenvalue weighted by molar-refractivity contribution is 7.89. The minimum Gasteiger partial charge on any atom is -0.497 e. The smallest absolute Gasteiger partial charge is 0.251 e. The molecule has 1 heterocycles. The fourth-order valence-corrected chi connectivity index (χ4v) is 4.67. The van der Waals surface area contributed by atoms with E-state index in [1.54, 1.807) is 19.2 Å². The fourth-order valence-electron chi connectivity index (χ4n) is 3.33. The highest BCUT2D eigenvalue weighted by Gasteiger charge is 2.27. The Morgan fingerprint density at radius 3 is 2.38 bits per heavy atom. The van der Waals surface area contributed by atoms with Crippen molar-refractivity contribution >= 4 is 21.6 Å². The number of ether oxygens (including phenoxy) is 1. The fraction of sp³-hybridized carbons (Fsp3) is 0.381. The van der Waals surface area contributed by atoms with Crippen molar-refractivity contribution in [2.24, 2.45) is 0 Å². The van der Waals surface area contributed by atoms with Gasteiger partial charge in [-0.05, 0) is 43.3 Å². The molecule has 1 aliphatic heterocycles. The van der Waals surface area contributed by atoms with E-state index in [4.69, 9.17) is 4.74 Å². The summed E-state index contributed by atoms with van der Waals surface area (Å²) in [5, 5.41) is 2.70. The van der Waals surface area contributed by atoms with Gasteiger partial charge in [0.15, 0.2) is 0 Å². The molecule has 0 saturated carbocycles. The quantitative estimate of drug-likeness (QED) is 0.744. The Morgan fingerprint density at radius 1 is 1.07 bits per heavy atom. The number of benzene rings is 2. The zero-order valence-corrected chi connectivity index (χ0v) is 17.6. The Labute approximate surface area is 172 Å². The number of rotatable bonds is 7. The van der Waals surface area contributed by atoms with Crippen molar-refractivity contribution in [2.45, 2.75) is 6.92 Å². The van der Waals surface area contributed by atoms with E-state index in [0.29, 0.717) is 31.7 Å². The van der Waals surface area contributed by atoms with Gasteiger partial charge in [0.2, 0.25) is 10.0 Å². The number of carbonyl (C=O) groups is 1. The number of sulfonamides is 1. The van der Waals surface area contributed by atoms with Crippen LogP contribution in [0.1, 0.15) is 15.9 Å². The average Bonchev–Trinajstić information content (AvgIpc) is 2.74. The Hall–Kier alpha value is -2.58. The molecule has 1 saturated heterocycles. The Bertz CT molecular complexity index is 937. The van der Waals surface area contributed by atoms with Gasteiger partial charge in [0.1, 0.15) is 5.75 Å². The second-order valence-corrected chi connectivity index (χ2v) is 9.11. The van der Waals surface area contributed by atoms with E-state index in [1.165, 1.54) is 4.31 Å². The normalized spacial score (nSPS) is 15.2. The van der Waals surface area contributed by atoms with Gasteiger partial charge in [-0.2, -0.15) is 4.31 Å². The lowest BCUT2D eigenvalue weighted by Gasteiger charge is -2.35. The lowest BCUT2D eigenvalue weighted by Crippen LogP contribution is -2.50. The van der Waals surface area contributed by atoms with Crippen LogP contribution in [-0.4, -0.2) is 64.2 Å². The number of carbonyl (C=O) groups excluding carboxylic acids is 1. The third kappa shape index (κ3) is 5.48. The van der Waals surface area contributed by atoms with E-state index >= 15 is 0 Å². The molecule has 1 aliphatic rings. The molecule has 1 amide bonds. The molecular formula is C21H27N3O4S. The molecule has 0 aromatic heterocycles. The molecule has 0 bridgehead atoms. The van der Waals surface area contributed by atoms with Crippen molar-refractivity contribution in [2.75, 3.05) is 50.5 Å². The summed E-state index contributed by atoms with van der Waals surface area (Å²) < 4.78 is 31.9. The van der Waals surface area contributed by atoms with Crippen LogP contribution in [0.3, 0.4) is 0 Å². The third-order valence-corrected chi connectivity index (χ3v) is 6.87. The third-order valence-electron chi connectivity index (χ3n) is 5.00. The first kappa shape index (κ1) is 21.1. The number of methoxy groups -OCH3 is 1. The molecule has 3 rings (SSSR count). The number of nitrogens with zero attached hydrogens (tertiary/aromatic N) is 2. The van der Waals surface area contributed by atoms with Gasteiger partial charge in [0.05, 0.1) is 12.9 Å². The van der Waals surface area contributed by atoms with Crippen LogP contribution in [0.15, 0.2) is 48.5 Å². The van der Waals surface area contributed by atoms with E-state index in [2.05, 4.69) is 10.2 Å². The topological polar surface area (TPSA) is 79.0 Å². The number of anilines is 1. The average molecular weight is 418 g/mol. The first-order valence-electron chi connectivity index (χ1n) is 9.61. The van der Waals surface area contributed by atoms with E-state index < -0.39 is 10.0 Å².